The summed E-state index contributed by atoms with van der Waals surface area (Å²) in [5.41, 5.74) is 0. The topological polar surface area (TPSA) is 126 Å². The molecule has 8 N–H and O–H groups in total. The molecule has 0 fully saturated rings. The minimum atomic E-state index is 0. The van der Waals surface area contributed by atoms with E-state index >= 15 is 0 Å². The average Bonchev–Trinajstić information content (AvgIpc) is 0. The normalized spacial score (nSPS) is 0. The molecular weight excluding hydrogens is 283 g/mol. The summed E-state index contributed by atoms with van der Waals surface area (Å²) in [6.07, 6.45) is 0. The van der Waals surface area contributed by atoms with Gasteiger partial charge < -0.3 is 59.1 Å². The zero-order chi connectivity index (χ0) is 0. The fraction of sp³-hybridized carbons (Fsp3) is 0. The second-order valence-corrected chi connectivity index (χ2v) is 0. The van der Waals surface area contributed by atoms with E-state index in [-0.39, 0.29) is 85.0 Å². The third kappa shape index (κ3) is 131. The van der Waals surface area contributed by atoms with Gasteiger partial charge in [-0.25, -0.2) is 0 Å². The van der Waals surface area contributed by atoms with E-state index in [2.05, 4.69) is 0 Å². The first-order valence-electron chi connectivity index (χ1n) is 0. The summed E-state index contributed by atoms with van der Waals surface area (Å²) >= 11 is 0. The molecule has 0 aliphatic rings. The molecular formula is H8Cl3InO4. The van der Waals surface area contributed by atoms with Crippen molar-refractivity contribution < 1.29 is 59.1 Å². The second-order valence-electron chi connectivity index (χ2n) is 0. The van der Waals surface area contributed by atoms with Crippen molar-refractivity contribution in [3.63, 3.8) is 0 Å². The summed E-state index contributed by atoms with van der Waals surface area (Å²) in [6.45, 7) is 0. The molecule has 0 saturated carbocycles. The summed E-state index contributed by atoms with van der Waals surface area (Å²) in [5.74, 6) is 0. The zero-order valence-corrected chi connectivity index (χ0v) is 9.27. The van der Waals surface area contributed by atoms with Gasteiger partial charge in [0.2, 0.25) is 0 Å². The Morgan fingerprint density at radius 3 is 0.375 bits per heavy atom. The van der Waals surface area contributed by atoms with Crippen molar-refractivity contribution in [1.29, 1.82) is 0 Å². The number of hydrogen-bond acceptors (Lipinski definition) is 0. The smallest absolute Gasteiger partial charge is 1.00 e. The van der Waals surface area contributed by atoms with E-state index in [4.69, 9.17) is 0 Å². The van der Waals surface area contributed by atoms with Gasteiger partial charge in [0.15, 0.2) is 0 Å². The number of halogens is 3. The molecule has 0 atom stereocenters. The maximum absolute atomic E-state index is 0. The standard InChI is InChI=1S/3ClH.In.4H2O/h3*1H;;4*1H2/q;;;+3;;;;/p-3/i;;;1-2;;;;. The van der Waals surface area contributed by atoms with Crippen LogP contribution in [0.2, 0.25) is 0 Å². The van der Waals surface area contributed by atoms with Crippen molar-refractivity contribution in [3.05, 3.63) is 0 Å². The third-order valence-corrected chi connectivity index (χ3v) is 0. The summed E-state index contributed by atoms with van der Waals surface area (Å²) < 4.78 is 0. The zero-order valence-electron chi connectivity index (χ0n) is 3.71. The fourth-order valence-corrected chi connectivity index (χ4v) is 0. The molecule has 0 unspecified atom stereocenters. The van der Waals surface area contributed by atoms with E-state index < -0.39 is 0 Å². The summed E-state index contributed by atoms with van der Waals surface area (Å²) in [7, 11) is 0. The Hall–Kier alpha value is 1.58. The molecule has 0 aromatic carbocycles. The molecule has 0 aliphatic heterocycles. The van der Waals surface area contributed by atoms with Crippen molar-refractivity contribution >= 4 is 25.8 Å². The third-order valence-electron chi connectivity index (χ3n) is 0. The molecule has 4 nitrogen and oxygen atoms in total. The first-order valence-corrected chi connectivity index (χ1v) is 0. The van der Waals surface area contributed by atoms with Crippen LogP contribution in [0.5, 0.6) is 0 Å². The van der Waals surface area contributed by atoms with Crippen molar-refractivity contribution in [2.45, 2.75) is 0 Å². The first kappa shape index (κ1) is 282. The van der Waals surface area contributed by atoms with Crippen molar-refractivity contribution in [2.75, 3.05) is 0 Å². The molecule has 8 heteroatoms. The van der Waals surface area contributed by atoms with E-state index in [0.29, 0.717) is 0 Å². The average molecular weight is 291 g/mol. The van der Waals surface area contributed by atoms with Crippen LogP contribution in [0.1, 0.15) is 0 Å². The minimum absolute atomic E-state index is 0. The van der Waals surface area contributed by atoms with Crippen LogP contribution >= 0.6 is 0 Å². The van der Waals surface area contributed by atoms with Gasteiger partial charge in [-0.1, -0.05) is 0 Å². The van der Waals surface area contributed by atoms with Crippen molar-refractivity contribution in [1.82, 2.24) is 0 Å². The predicted octanol–water partition coefficient (Wildman–Crippen LogP) is -12.7. The maximum Gasteiger partial charge on any atom is 3.00 e. The molecule has 56 valence electrons. The Balaban J connectivity index is 0. The van der Waals surface area contributed by atoms with Gasteiger partial charge in [-0.3, -0.25) is 0 Å². The van der Waals surface area contributed by atoms with Crippen LogP contribution in [0.15, 0.2) is 0 Å². The van der Waals surface area contributed by atoms with Gasteiger partial charge in [0.1, 0.15) is 0 Å². The minimum Gasteiger partial charge on any atom is -1.00 e. The van der Waals surface area contributed by atoms with Gasteiger partial charge in [0, 0.05) is 0 Å². The van der Waals surface area contributed by atoms with E-state index in [1.54, 1.807) is 0 Å². The van der Waals surface area contributed by atoms with E-state index in [9.17, 15) is 0 Å². The Morgan fingerprint density at radius 2 is 0.375 bits per heavy atom. The molecule has 0 bridgehead atoms. The molecule has 8 heavy (non-hydrogen) atoms. The SMILES string of the molecule is O.O.O.O.[113In+3].[Cl-].[Cl-].[Cl-]. The number of hydrogen-bond donors (Lipinski definition) is 0. The Morgan fingerprint density at radius 1 is 0.375 bits per heavy atom. The van der Waals surface area contributed by atoms with E-state index in [0.717, 1.165) is 0 Å². The second kappa shape index (κ2) is 197. The number of rotatable bonds is 0. The van der Waals surface area contributed by atoms with Gasteiger partial charge in [-0.2, -0.15) is 0 Å². The summed E-state index contributed by atoms with van der Waals surface area (Å²) in [4.78, 5) is 0. The van der Waals surface area contributed by atoms with Crippen molar-refractivity contribution in [2.24, 2.45) is 0 Å². The summed E-state index contributed by atoms with van der Waals surface area (Å²) in [5, 5.41) is 0. The molecule has 0 heterocycles. The van der Waals surface area contributed by atoms with Crippen LogP contribution in [-0.4, -0.2) is 47.7 Å². The maximum atomic E-state index is 0. The monoisotopic (exact) mass is 290 g/mol. The Kier molecular flexibility index (Phi) is 6970. The predicted molar refractivity (Wildman–Crippen MR) is 20.2 cm³/mol. The van der Waals surface area contributed by atoms with Crippen LogP contribution in [0, 0.1) is 0 Å². The molecule has 0 amide bonds. The molecule has 0 radical (unpaired) electrons. The van der Waals surface area contributed by atoms with E-state index in [1.807, 2.05) is 0 Å². The molecule has 0 saturated heterocycles. The molecule has 0 aromatic heterocycles. The first-order chi connectivity index (χ1) is 0. The van der Waals surface area contributed by atoms with Crippen molar-refractivity contribution in [3.8, 4) is 0 Å². The van der Waals surface area contributed by atoms with Crippen LogP contribution in [0.4, 0.5) is 0 Å². The van der Waals surface area contributed by atoms with Crippen LogP contribution < -0.4 is 37.2 Å². The Labute approximate surface area is 84.7 Å². The largest absolute Gasteiger partial charge is 3.00 e. The molecule has 0 rings (SSSR count). The van der Waals surface area contributed by atoms with Crippen LogP contribution in [0.3, 0.4) is 0 Å². The van der Waals surface area contributed by atoms with Gasteiger partial charge in [0.25, 0.3) is 0 Å². The summed E-state index contributed by atoms with van der Waals surface area (Å²) in [6, 6.07) is 0. The van der Waals surface area contributed by atoms with Gasteiger partial charge in [-0.05, 0) is 0 Å². The van der Waals surface area contributed by atoms with Gasteiger partial charge >= 0.3 is 25.8 Å². The van der Waals surface area contributed by atoms with E-state index in [1.165, 1.54) is 0 Å². The molecule has 0 aromatic rings. The van der Waals surface area contributed by atoms with Gasteiger partial charge in [-0.15, -0.1) is 0 Å². The fourth-order valence-electron chi connectivity index (χ4n) is 0. The quantitative estimate of drug-likeness (QED) is 0.420. The van der Waals surface area contributed by atoms with Gasteiger partial charge in [0.05, 0.1) is 0 Å². The molecule has 0 aliphatic carbocycles. The van der Waals surface area contributed by atoms with Crippen LogP contribution in [0.25, 0.3) is 0 Å². The molecule has 0 spiro atoms. The van der Waals surface area contributed by atoms with Crippen LogP contribution in [-0.2, 0) is 0 Å². The Bertz CT molecular complexity index is 11.2.